The van der Waals surface area contributed by atoms with Crippen LogP contribution in [0, 0.1) is 6.92 Å². The Kier molecular flexibility index (Phi) is 5.74. The van der Waals surface area contributed by atoms with Crippen molar-refractivity contribution >= 4 is 32.7 Å². The molecule has 0 bridgehead atoms. The van der Waals surface area contributed by atoms with Crippen molar-refractivity contribution in [1.29, 1.82) is 0 Å². The Morgan fingerprint density at radius 1 is 1.22 bits per heavy atom. The van der Waals surface area contributed by atoms with Crippen molar-refractivity contribution in [2.45, 2.75) is 44.7 Å². The van der Waals surface area contributed by atoms with Crippen LogP contribution in [0.4, 0.5) is 0 Å². The molecule has 1 aromatic heterocycles. The third-order valence-electron chi connectivity index (χ3n) is 4.36. The minimum Gasteiger partial charge on any atom is -0.485 e. The van der Waals surface area contributed by atoms with Crippen LogP contribution in [-0.4, -0.2) is 18.0 Å². The average Bonchev–Trinajstić information content (AvgIpc) is 2.95. The van der Waals surface area contributed by atoms with Gasteiger partial charge in [-0.15, -0.1) is 0 Å². The molecule has 3 aromatic rings. The van der Waals surface area contributed by atoms with Crippen molar-refractivity contribution in [3.8, 4) is 5.75 Å². The quantitative estimate of drug-likeness (QED) is 0.640. The van der Waals surface area contributed by atoms with Gasteiger partial charge in [0.25, 0.3) is 0 Å². The van der Waals surface area contributed by atoms with Gasteiger partial charge >= 0.3 is 0 Å². The van der Waals surface area contributed by atoms with E-state index < -0.39 is 10.0 Å². The summed E-state index contributed by atoms with van der Waals surface area (Å²) in [6.07, 6.45) is 2.01. The highest BCUT2D eigenvalue weighted by Crippen LogP contribution is 2.25. The van der Waals surface area contributed by atoms with E-state index in [1.165, 1.54) is 12.1 Å². The van der Waals surface area contributed by atoms with E-state index in [9.17, 15) is 8.42 Å². The highest BCUT2D eigenvalue weighted by molar-refractivity contribution is 7.89. The van der Waals surface area contributed by atoms with E-state index in [0.29, 0.717) is 10.5 Å². The molecule has 0 unspecified atom stereocenters. The number of fused-ring (bicyclic) bond motifs is 1. The molecule has 0 saturated carbocycles. The lowest BCUT2D eigenvalue weighted by molar-refractivity contribution is 0.288. The second kappa shape index (κ2) is 7.88. The predicted molar refractivity (Wildman–Crippen MR) is 107 cm³/mol. The molecule has 144 valence electrons. The molecule has 0 aliphatic rings. The highest BCUT2D eigenvalue weighted by atomic mass is 35.5. The fourth-order valence-corrected chi connectivity index (χ4v) is 3.69. The first-order chi connectivity index (χ1) is 12.8. The van der Waals surface area contributed by atoms with E-state index in [-0.39, 0.29) is 11.5 Å². The number of unbranched alkanes of at least 4 members (excludes halogenated alkanes) is 1. The van der Waals surface area contributed by atoms with Crippen LogP contribution in [0.1, 0.15) is 31.2 Å². The lowest BCUT2D eigenvalue weighted by atomic mass is 10.2. The van der Waals surface area contributed by atoms with Gasteiger partial charge in [0.1, 0.15) is 18.2 Å². The van der Waals surface area contributed by atoms with Gasteiger partial charge in [-0.2, -0.15) is 0 Å². The van der Waals surface area contributed by atoms with Crippen LogP contribution < -0.4 is 9.88 Å². The van der Waals surface area contributed by atoms with Crippen molar-refractivity contribution in [3.63, 3.8) is 0 Å². The Balaban J connectivity index is 1.96. The summed E-state index contributed by atoms with van der Waals surface area (Å²) in [6, 6.07) is 10.2. The highest BCUT2D eigenvalue weighted by Gasteiger charge is 2.15. The summed E-state index contributed by atoms with van der Waals surface area (Å²) in [7, 11) is -3.77. The zero-order chi connectivity index (χ0) is 19.6. The van der Waals surface area contributed by atoms with E-state index in [2.05, 4.69) is 16.5 Å². The van der Waals surface area contributed by atoms with Crippen LogP contribution in [0.3, 0.4) is 0 Å². The zero-order valence-corrected chi connectivity index (χ0v) is 16.8. The Morgan fingerprint density at radius 2 is 2.00 bits per heavy atom. The molecule has 8 heteroatoms. The molecule has 6 nitrogen and oxygen atoms in total. The maximum atomic E-state index is 11.6. The topological polar surface area (TPSA) is 87.2 Å². The van der Waals surface area contributed by atoms with Crippen LogP contribution in [0.5, 0.6) is 5.75 Å². The first kappa shape index (κ1) is 19.7. The van der Waals surface area contributed by atoms with Crippen molar-refractivity contribution in [3.05, 3.63) is 52.8 Å². The molecule has 0 aliphatic carbocycles. The number of rotatable bonds is 7. The number of nitrogens with two attached hydrogens (primary N) is 1. The van der Waals surface area contributed by atoms with Gasteiger partial charge in [-0.1, -0.05) is 24.9 Å². The van der Waals surface area contributed by atoms with Crippen LogP contribution in [0.25, 0.3) is 11.0 Å². The number of halogens is 1. The maximum Gasteiger partial charge on any atom is 0.238 e. The fraction of sp³-hybridized carbons (Fsp3) is 0.316. The molecule has 0 fully saturated rings. The first-order valence-corrected chi connectivity index (χ1v) is 10.6. The number of benzene rings is 2. The van der Waals surface area contributed by atoms with E-state index in [1.807, 2.05) is 19.1 Å². The molecule has 2 N–H and O–H groups in total. The molecule has 0 spiro atoms. The predicted octanol–water partition coefficient (Wildman–Crippen LogP) is 4.02. The minimum atomic E-state index is -3.77. The fourth-order valence-electron chi connectivity index (χ4n) is 2.93. The van der Waals surface area contributed by atoms with E-state index in [1.54, 1.807) is 12.1 Å². The Morgan fingerprint density at radius 3 is 2.67 bits per heavy atom. The van der Waals surface area contributed by atoms with E-state index in [0.717, 1.165) is 42.0 Å². The number of hydrogen-bond donors (Lipinski definition) is 1. The number of hydrogen-bond acceptors (Lipinski definition) is 4. The molecule has 0 aliphatic heterocycles. The van der Waals surface area contributed by atoms with Gasteiger partial charge in [0, 0.05) is 11.6 Å². The number of sulfonamides is 1. The van der Waals surface area contributed by atoms with E-state index in [4.69, 9.17) is 21.5 Å². The number of imidazole rings is 1. The van der Waals surface area contributed by atoms with Gasteiger partial charge in [-0.3, -0.25) is 0 Å². The number of aromatic nitrogens is 2. The van der Waals surface area contributed by atoms with E-state index >= 15 is 0 Å². The normalized spacial score (nSPS) is 11.9. The monoisotopic (exact) mass is 407 g/mol. The smallest absolute Gasteiger partial charge is 0.238 e. The van der Waals surface area contributed by atoms with Gasteiger partial charge in [0.05, 0.1) is 15.9 Å². The molecule has 3 rings (SSSR count). The molecular weight excluding hydrogens is 386 g/mol. The summed E-state index contributed by atoms with van der Waals surface area (Å²) in [6.45, 7) is 5.09. The van der Waals surface area contributed by atoms with Gasteiger partial charge in [0.2, 0.25) is 10.0 Å². The van der Waals surface area contributed by atoms with Crippen molar-refractivity contribution in [2.24, 2.45) is 5.14 Å². The Bertz CT molecular complexity index is 1080. The molecule has 2 aromatic carbocycles. The third kappa shape index (κ3) is 4.43. The summed E-state index contributed by atoms with van der Waals surface area (Å²) < 4.78 is 31.3. The SMILES string of the molecule is CCCCn1c(COc2ccc(Cl)cc2C)nc2cc(S(N)(=O)=O)ccc21. The summed E-state index contributed by atoms with van der Waals surface area (Å²) in [5.41, 5.74) is 2.39. The standard InChI is InChI=1S/C19H22ClN3O3S/c1-3-4-9-23-17-7-6-15(27(21,24)25)11-16(17)22-19(23)12-26-18-8-5-14(20)10-13(18)2/h5-8,10-11H,3-4,9,12H2,1-2H3,(H2,21,24,25). The zero-order valence-electron chi connectivity index (χ0n) is 15.3. The Labute approximate surface area is 164 Å². The number of primary sulfonamides is 1. The lowest BCUT2D eigenvalue weighted by Gasteiger charge is -2.11. The summed E-state index contributed by atoms with van der Waals surface area (Å²) in [5.74, 6) is 1.47. The lowest BCUT2D eigenvalue weighted by Crippen LogP contribution is -2.11. The summed E-state index contributed by atoms with van der Waals surface area (Å²) in [5, 5.41) is 5.90. The van der Waals surface area contributed by atoms with Crippen LogP contribution in [-0.2, 0) is 23.2 Å². The van der Waals surface area contributed by atoms with Crippen LogP contribution in [0.2, 0.25) is 5.02 Å². The third-order valence-corrected chi connectivity index (χ3v) is 5.50. The van der Waals surface area contributed by atoms with Gasteiger partial charge in [-0.25, -0.2) is 18.5 Å². The molecule has 27 heavy (non-hydrogen) atoms. The summed E-state index contributed by atoms with van der Waals surface area (Å²) in [4.78, 5) is 4.65. The number of aryl methyl sites for hydroxylation is 2. The van der Waals surface area contributed by atoms with Gasteiger partial charge in [-0.05, 0) is 55.3 Å². The van der Waals surface area contributed by atoms with Gasteiger partial charge in [0.15, 0.2) is 0 Å². The number of ether oxygens (including phenoxy) is 1. The summed E-state index contributed by atoms with van der Waals surface area (Å²) >= 11 is 5.99. The molecule has 1 heterocycles. The largest absolute Gasteiger partial charge is 0.485 e. The molecular formula is C19H22ClN3O3S. The molecule has 0 radical (unpaired) electrons. The van der Waals surface area contributed by atoms with Crippen LogP contribution >= 0.6 is 11.6 Å². The number of nitrogens with zero attached hydrogens (tertiary/aromatic N) is 2. The van der Waals surface area contributed by atoms with Crippen molar-refractivity contribution in [1.82, 2.24) is 9.55 Å². The first-order valence-electron chi connectivity index (χ1n) is 8.70. The van der Waals surface area contributed by atoms with Gasteiger partial charge < -0.3 is 9.30 Å². The second-order valence-corrected chi connectivity index (χ2v) is 8.43. The molecule has 0 saturated heterocycles. The maximum absolute atomic E-state index is 11.6. The Hall–Kier alpha value is -2.09. The van der Waals surface area contributed by atoms with Crippen molar-refractivity contribution in [2.75, 3.05) is 0 Å². The molecule has 0 amide bonds. The molecule has 0 atom stereocenters. The second-order valence-electron chi connectivity index (χ2n) is 6.43. The average molecular weight is 408 g/mol. The van der Waals surface area contributed by atoms with Crippen molar-refractivity contribution < 1.29 is 13.2 Å². The minimum absolute atomic E-state index is 0.0520. The van der Waals surface area contributed by atoms with Crippen LogP contribution in [0.15, 0.2) is 41.3 Å².